The lowest BCUT2D eigenvalue weighted by Gasteiger charge is -2.32. The maximum atomic E-state index is 13.5. The Hall–Kier alpha value is -3.02. The lowest BCUT2D eigenvalue weighted by Crippen LogP contribution is -2.52. The van der Waals surface area contributed by atoms with E-state index in [0.717, 1.165) is 11.1 Å². The van der Waals surface area contributed by atoms with Gasteiger partial charge in [-0.1, -0.05) is 91.6 Å². The number of carbonyl (C=O) groups is 2. The predicted molar refractivity (Wildman–Crippen MR) is 141 cm³/mol. The van der Waals surface area contributed by atoms with Crippen LogP contribution in [0.1, 0.15) is 25.0 Å². The first-order valence-electron chi connectivity index (χ1n) is 11.6. The van der Waals surface area contributed by atoms with E-state index >= 15 is 0 Å². The Labute approximate surface area is 217 Å². The Kier molecular flexibility index (Phi) is 10.0. The summed E-state index contributed by atoms with van der Waals surface area (Å²) in [7, 11) is 0. The van der Waals surface area contributed by atoms with Crippen LogP contribution in [0, 0.1) is 5.92 Å². The molecule has 0 aromatic heterocycles. The van der Waals surface area contributed by atoms with Gasteiger partial charge in [-0.05, 0) is 41.3 Å². The highest BCUT2D eigenvalue weighted by Crippen LogP contribution is 2.22. The van der Waals surface area contributed by atoms with E-state index in [2.05, 4.69) is 5.32 Å². The van der Waals surface area contributed by atoms with Crippen molar-refractivity contribution in [1.29, 1.82) is 0 Å². The third-order valence-corrected chi connectivity index (χ3v) is 6.02. The number of nitrogens with zero attached hydrogens (tertiary/aromatic N) is 1. The summed E-state index contributed by atoms with van der Waals surface area (Å²) < 4.78 is 5.74. The molecule has 0 unspecified atom stereocenters. The summed E-state index contributed by atoms with van der Waals surface area (Å²) in [6, 6.07) is 23.1. The number of hydrogen-bond acceptors (Lipinski definition) is 3. The van der Waals surface area contributed by atoms with Gasteiger partial charge in [0.05, 0.1) is 0 Å². The number of carbonyl (C=O) groups excluding carboxylic acids is 2. The van der Waals surface area contributed by atoms with Gasteiger partial charge in [-0.3, -0.25) is 9.59 Å². The van der Waals surface area contributed by atoms with Gasteiger partial charge in [-0.2, -0.15) is 0 Å². The van der Waals surface area contributed by atoms with E-state index in [1.54, 1.807) is 35.2 Å². The van der Waals surface area contributed by atoms with Gasteiger partial charge in [-0.15, -0.1) is 0 Å². The Morgan fingerprint density at radius 1 is 0.943 bits per heavy atom. The highest BCUT2D eigenvalue weighted by molar-refractivity contribution is 6.31. The first kappa shape index (κ1) is 26.6. The fourth-order valence-electron chi connectivity index (χ4n) is 3.57. The van der Waals surface area contributed by atoms with Crippen molar-refractivity contribution in [1.82, 2.24) is 10.2 Å². The number of rotatable bonds is 11. The van der Waals surface area contributed by atoms with Crippen LogP contribution in [0.4, 0.5) is 0 Å². The Morgan fingerprint density at radius 2 is 1.66 bits per heavy atom. The first-order valence-corrected chi connectivity index (χ1v) is 12.3. The molecule has 1 atom stereocenters. The van der Waals surface area contributed by atoms with Crippen molar-refractivity contribution >= 4 is 35.0 Å². The summed E-state index contributed by atoms with van der Waals surface area (Å²) in [5.41, 5.74) is 1.70. The summed E-state index contributed by atoms with van der Waals surface area (Å²) in [6.07, 6.45) is 0.359. The van der Waals surface area contributed by atoms with Crippen LogP contribution in [0.25, 0.3) is 0 Å². The van der Waals surface area contributed by atoms with Gasteiger partial charge in [0.25, 0.3) is 5.91 Å². The molecule has 0 saturated carbocycles. The van der Waals surface area contributed by atoms with Crippen molar-refractivity contribution in [2.24, 2.45) is 5.92 Å². The zero-order valence-electron chi connectivity index (χ0n) is 19.9. The number of amides is 2. The fourth-order valence-corrected chi connectivity index (χ4v) is 3.95. The van der Waals surface area contributed by atoms with Gasteiger partial charge in [0.2, 0.25) is 5.91 Å². The maximum Gasteiger partial charge on any atom is 0.261 e. The van der Waals surface area contributed by atoms with Crippen LogP contribution in [-0.4, -0.2) is 35.9 Å². The Balaban J connectivity index is 1.91. The molecule has 0 spiro atoms. The maximum absolute atomic E-state index is 13.5. The summed E-state index contributed by atoms with van der Waals surface area (Å²) in [4.78, 5) is 28.5. The minimum atomic E-state index is -0.747. The molecule has 35 heavy (non-hydrogen) atoms. The van der Waals surface area contributed by atoms with E-state index in [4.69, 9.17) is 27.9 Å². The molecule has 3 aromatic carbocycles. The lowest BCUT2D eigenvalue weighted by atomic mass is 10.0. The van der Waals surface area contributed by atoms with Crippen LogP contribution < -0.4 is 10.1 Å². The SMILES string of the molecule is CC(C)CNC(=O)[C@@H](Cc1ccccc1)N(Cc1ccccc1Cl)C(=O)COc1cccc(Cl)c1. The summed E-state index contributed by atoms with van der Waals surface area (Å²) >= 11 is 12.5. The van der Waals surface area contributed by atoms with E-state index in [1.807, 2.05) is 62.4 Å². The van der Waals surface area contributed by atoms with E-state index in [-0.39, 0.29) is 30.9 Å². The zero-order valence-corrected chi connectivity index (χ0v) is 21.4. The number of benzene rings is 3. The monoisotopic (exact) mass is 512 g/mol. The van der Waals surface area contributed by atoms with Gasteiger partial charge in [0, 0.05) is 29.6 Å². The third kappa shape index (κ3) is 8.30. The average Bonchev–Trinajstić information content (AvgIpc) is 2.85. The van der Waals surface area contributed by atoms with Crippen LogP contribution in [0.3, 0.4) is 0 Å². The minimum Gasteiger partial charge on any atom is -0.484 e. The van der Waals surface area contributed by atoms with Crippen molar-refractivity contribution < 1.29 is 14.3 Å². The van der Waals surface area contributed by atoms with E-state index in [1.165, 1.54) is 0 Å². The molecule has 0 aliphatic rings. The van der Waals surface area contributed by atoms with Crippen LogP contribution in [-0.2, 0) is 22.6 Å². The zero-order chi connectivity index (χ0) is 25.2. The molecule has 0 aliphatic heterocycles. The van der Waals surface area contributed by atoms with Crippen LogP contribution in [0.15, 0.2) is 78.9 Å². The lowest BCUT2D eigenvalue weighted by molar-refractivity contribution is -0.142. The number of nitrogens with one attached hydrogen (secondary N) is 1. The summed E-state index contributed by atoms with van der Waals surface area (Å²) in [5.74, 6) is 0.207. The summed E-state index contributed by atoms with van der Waals surface area (Å²) in [6.45, 7) is 4.49. The molecule has 0 bridgehead atoms. The Bertz CT molecular complexity index is 1120. The molecular weight excluding hydrogens is 483 g/mol. The molecule has 0 heterocycles. The molecule has 0 fully saturated rings. The molecule has 2 amide bonds. The molecule has 0 radical (unpaired) electrons. The minimum absolute atomic E-state index is 0.171. The second kappa shape index (κ2) is 13.2. The van der Waals surface area contributed by atoms with E-state index in [9.17, 15) is 9.59 Å². The molecule has 0 aliphatic carbocycles. The fraction of sp³-hybridized carbons (Fsp3) is 0.286. The molecule has 3 rings (SSSR count). The van der Waals surface area contributed by atoms with Crippen molar-refractivity contribution in [2.75, 3.05) is 13.2 Å². The molecule has 5 nitrogen and oxygen atoms in total. The van der Waals surface area contributed by atoms with Crippen LogP contribution >= 0.6 is 23.2 Å². The van der Waals surface area contributed by atoms with E-state index in [0.29, 0.717) is 28.8 Å². The largest absolute Gasteiger partial charge is 0.484 e. The molecule has 3 aromatic rings. The number of ether oxygens (including phenoxy) is 1. The smallest absolute Gasteiger partial charge is 0.261 e. The molecule has 7 heteroatoms. The predicted octanol–water partition coefficient (Wildman–Crippen LogP) is 5.78. The van der Waals surface area contributed by atoms with Gasteiger partial charge in [0.1, 0.15) is 11.8 Å². The highest BCUT2D eigenvalue weighted by Gasteiger charge is 2.31. The van der Waals surface area contributed by atoms with Crippen molar-refractivity contribution in [3.8, 4) is 5.75 Å². The highest BCUT2D eigenvalue weighted by atomic mass is 35.5. The second-order valence-electron chi connectivity index (χ2n) is 8.70. The third-order valence-electron chi connectivity index (χ3n) is 5.41. The van der Waals surface area contributed by atoms with Crippen LogP contribution in [0.2, 0.25) is 10.0 Å². The van der Waals surface area contributed by atoms with E-state index < -0.39 is 6.04 Å². The summed E-state index contributed by atoms with van der Waals surface area (Å²) in [5, 5.41) is 4.04. The van der Waals surface area contributed by atoms with Crippen molar-refractivity contribution in [2.45, 2.75) is 32.9 Å². The Morgan fingerprint density at radius 3 is 2.34 bits per heavy atom. The molecule has 1 N–H and O–H groups in total. The molecular formula is C28H30Cl2N2O3. The standard InChI is InChI=1S/C28H30Cl2N2O3/c1-20(2)17-31-28(34)26(15-21-9-4-3-5-10-21)32(18-22-11-6-7-14-25(22)30)27(33)19-35-24-13-8-12-23(29)16-24/h3-14,16,20,26H,15,17-19H2,1-2H3,(H,31,34)/t26-/m1/s1. The molecule has 0 saturated heterocycles. The van der Waals surface area contributed by atoms with Gasteiger partial charge in [0.15, 0.2) is 6.61 Å². The molecule has 184 valence electrons. The average molecular weight is 513 g/mol. The quantitative estimate of drug-likeness (QED) is 0.354. The van der Waals surface area contributed by atoms with Gasteiger partial charge >= 0.3 is 0 Å². The number of hydrogen-bond donors (Lipinski definition) is 1. The first-order chi connectivity index (χ1) is 16.8. The normalized spacial score (nSPS) is 11.7. The topological polar surface area (TPSA) is 58.6 Å². The van der Waals surface area contributed by atoms with Crippen molar-refractivity contribution in [3.05, 3.63) is 100 Å². The van der Waals surface area contributed by atoms with Crippen LogP contribution in [0.5, 0.6) is 5.75 Å². The second-order valence-corrected chi connectivity index (χ2v) is 9.55. The van der Waals surface area contributed by atoms with Gasteiger partial charge < -0.3 is 15.0 Å². The van der Waals surface area contributed by atoms with Crippen molar-refractivity contribution in [3.63, 3.8) is 0 Å². The van der Waals surface area contributed by atoms with Gasteiger partial charge in [-0.25, -0.2) is 0 Å². The number of halogens is 2.